The quantitative estimate of drug-likeness (QED) is 0.533. The second kappa shape index (κ2) is 9.07. The highest BCUT2D eigenvalue weighted by atomic mass is 32.2. The Balaban J connectivity index is 1.58. The van der Waals surface area contributed by atoms with Crippen LogP contribution in [0.4, 0.5) is 16.5 Å². The number of nitrogens with one attached hydrogen (secondary N) is 2. The molecular formula is C20H22N4O2S2. The molecule has 0 fully saturated rings. The summed E-state index contributed by atoms with van der Waals surface area (Å²) in [5.41, 5.74) is 5.13. The Labute approximate surface area is 172 Å². The number of nitrogens with zero attached hydrogens (tertiary/aromatic N) is 2. The summed E-state index contributed by atoms with van der Waals surface area (Å²) in [6.07, 6.45) is 0. The molecule has 3 aromatic rings. The number of thioether (sulfide) groups is 1. The third-order valence-corrected chi connectivity index (χ3v) is 6.18. The van der Waals surface area contributed by atoms with E-state index >= 15 is 0 Å². The van der Waals surface area contributed by atoms with Crippen LogP contribution in [0.1, 0.15) is 16.7 Å². The van der Waals surface area contributed by atoms with Crippen LogP contribution in [0.3, 0.4) is 0 Å². The molecule has 8 heteroatoms. The second-order valence-electron chi connectivity index (χ2n) is 6.29. The van der Waals surface area contributed by atoms with Gasteiger partial charge in [-0.2, -0.15) is 0 Å². The third kappa shape index (κ3) is 5.02. The number of anilines is 3. The van der Waals surface area contributed by atoms with Gasteiger partial charge in [-0.1, -0.05) is 41.3 Å². The number of benzene rings is 2. The van der Waals surface area contributed by atoms with E-state index in [1.165, 1.54) is 34.2 Å². The summed E-state index contributed by atoms with van der Waals surface area (Å²) in [6, 6.07) is 11.8. The molecule has 0 bridgehead atoms. The summed E-state index contributed by atoms with van der Waals surface area (Å²) >= 11 is 2.78. The maximum atomic E-state index is 12.3. The van der Waals surface area contributed by atoms with E-state index in [9.17, 15) is 4.79 Å². The first-order valence-corrected chi connectivity index (χ1v) is 10.5. The van der Waals surface area contributed by atoms with Gasteiger partial charge in [-0.3, -0.25) is 4.79 Å². The molecule has 6 nitrogen and oxygen atoms in total. The van der Waals surface area contributed by atoms with Crippen LogP contribution in [-0.4, -0.2) is 29.0 Å². The molecule has 3 rings (SSSR count). The van der Waals surface area contributed by atoms with Gasteiger partial charge in [-0.25, -0.2) is 0 Å². The standard InChI is InChI=1S/C20H22N4O2S2/c1-12-8-9-17(26-4)16(10-12)21-18(25)11-27-20-24-23-19(28-20)22-15-7-5-6-13(2)14(15)3/h5-10H,11H2,1-4H3,(H,21,25)(H,22,23). The first kappa shape index (κ1) is 20.2. The van der Waals surface area contributed by atoms with Crippen molar-refractivity contribution in [3.05, 3.63) is 53.1 Å². The lowest BCUT2D eigenvalue weighted by Crippen LogP contribution is -2.14. The van der Waals surface area contributed by atoms with E-state index in [0.29, 0.717) is 16.6 Å². The summed E-state index contributed by atoms with van der Waals surface area (Å²) in [5, 5.41) is 15.2. The van der Waals surface area contributed by atoms with E-state index in [4.69, 9.17) is 4.74 Å². The molecular weight excluding hydrogens is 392 g/mol. The van der Waals surface area contributed by atoms with Crippen LogP contribution < -0.4 is 15.4 Å². The Bertz CT molecular complexity index is 988. The normalized spacial score (nSPS) is 10.6. The minimum Gasteiger partial charge on any atom is -0.495 e. The molecule has 0 spiro atoms. The molecule has 2 N–H and O–H groups in total. The summed E-state index contributed by atoms with van der Waals surface area (Å²) in [6.45, 7) is 6.11. The van der Waals surface area contributed by atoms with Crippen LogP contribution in [0.15, 0.2) is 40.7 Å². The Morgan fingerprint density at radius 3 is 2.75 bits per heavy atom. The lowest BCUT2D eigenvalue weighted by molar-refractivity contribution is -0.113. The van der Waals surface area contributed by atoms with Crippen molar-refractivity contribution in [2.24, 2.45) is 0 Å². The number of carbonyl (C=O) groups excluding carboxylic acids is 1. The molecule has 0 atom stereocenters. The average Bonchev–Trinajstić information content (AvgIpc) is 3.11. The second-order valence-corrected chi connectivity index (χ2v) is 8.49. The number of aromatic nitrogens is 2. The maximum absolute atomic E-state index is 12.3. The third-order valence-electron chi connectivity index (χ3n) is 4.21. The van der Waals surface area contributed by atoms with Crippen LogP contribution in [0.2, 0.25) is 0 Å². The molecule has 0 aliphatic carbocycles. The lowest BCUT2D eigenvalue weighted by atomic mass is 10.1. The number of hydrogen-bond donors (Lipinski definition) is 2. The number of hydrogen-bond acceptors (Lipinski definition) is 7. The first-order chi connectivity index (χ1) is 13.5. The number of carbonyl (C=O) groups is 1. The molecule has 1 amide bonds. The van der Waals surface area contributed by atoms with Crippen LogP contribution in [-0.2, 0) is 4.79 Å². The van der Waals surface area contributed by atoms with Gasteiger partial charge in [0.2, 0.25) is 11.0 Å². The Morgan fingerprint density at radius 2 is 1.96 bits per heavy atom. The summed E-state index contributed by atoms with van der Waals surface area (Å²) in [7, 11) is 1.58. The van der Waals surface area contributed by atoms with E-state index < -0.39 is 0 Å². The van der Waals surface area contributed by atoms with E-state index in [1.54, 1.807) is 7.11 Å². The molecule has 0 saturated carbocycles. The van der Waals surface area contributed by atoms with Crippen molar-refractivity contribution in [3.63, 3.8) is 0 Å². The van der Waals surface area contributed by atoms with Gasteiger partial charge in [0.25, 0.3) is 0 Å². The van der Waals surface area contributed by atoms with Gasteiger partial charge in [0.1, 0.15) is 5.75 Å². The van der Waals surface area contributed by atoms with Gasteiger partial charge in [0.15, 0.2) is 4.34 Å². The van der Waals surface area contributed by atoms with Crippen molar-refractivity contribution < 1.29 is 9.53 Å². The first-order valence-electron chi connectivity index (χ1n) is 8.70. The molecule has 0 radical (unpaired) electrons. The van der Waals surface area contributed by atoms with Crippen molar-refractivity contribution in [2.45, 2.75) is 25.1 Å². The van der Waals surface area contributed by atoms with Crippen molar-refractivity contribution in [3.8, 4) is 5.75 Å². The summed E-state index contributed by atoms with van der Waals surface area (Å²) in [4.78, 5) is 12.3. The fourth-order valence-corrected chi connectivity index (χ4v) is 4.12. The predicted octanol–water partition coefficient (Wildman–Crippen LogP) is 4.95. The van der Waals surface area contributed by atoms with Crippen LogP contribution in [0.25, 0.3) is 0 Å². The van der Waals surface area contributed by atoms with Gasteiger partial charge in [-0.15, -0.1) is 10.2 Å². The van der Waals surface area contributed by atoms with Crippen molar-refractivity contribution >= 4 is 45.5 Å². The van der Waals surface area contributed by atoms with E-state index in [2.05, 4.69) is 40.7 Å². The molecule has 146 valence electrons. The zero-order chi connectivity index (χ0) is 20.1. The van der Waals surface area contributed by atoms with Crippen LogP contribution >= 0.6 is 23.1 Å². The summed E-state index contributed by atoms with van der Waals surface area (Å²) in [5.74, 6) is 0.767. The minimum absolute atomic E-state index is 0.117. The average molecular weight is 415 g/mol. The minimum atomic E-state index is -0.117. The maximum Gasteiger partial charge on any atom is 0.234 e. The van der Waals surface area contributed by atoms with Gasteiger partial charge in [0, 0.05) is 5.69 Å². The highest BCUT2D eigenvalue weighted by Gasteiger charge is 2.12. The van der Waals surface area contributed by atoms with Crippen molar-refractivity contribution in [1.29, 1.82) is 0 Å². The number of ether oxygens (including phenoxy) is 1. The van der Waals surface area contributed by atoms with Crippen LogP contribution in [0.5, 0.6) is 5.75 Å². The largest absolute Gasteiger partial charge is 0.495 e. The molecule has 2 aromatic carbocycles. The zero-order valence-electron chi connectivity index (χ0n) is 16.2. The number of rotatable bonds is 7. The summed E-state index contributed by atoms with van der Waals surface area (Å²) < 4.78 is 6.03. The monoisotopic (exact) mass is 414 g/mol. The highest BCUT2D eigenvalue weighted by Crippen LogP contribution is 2.30. The van der Waals surface area contributed by atoms with E-state index in [1.807, 2.05) is 37.3 Å². The van der Waals surface area contributed by atoms with Crippen molar-refractivity contribution in [1.82, 2.24) is 10.2 Å². The fourth-order valence-electron chi connectivity index (χ4n) is 2.55. The topological polar surface area (TPSA) is 76.1 Å². The lowest BCUT2D eigenvalue weighted by Gasteiger charge is -2.10. The molecule has 28 heavy (non-hydrogen) atoms. The van der Waals surface area contributed by atoms with Gasteiger partial charge >= 0.3 is 0 Å². The van der Waals surface area contributed by atoms with E-state index in [0.717, 1.165) is 15.6 Å². The Kier molecular flexibility index (Phi) is 6.53. The Hall–Kier alpha value is -2.58. The van der Waals surface area contributed by atoms with Gasteiger partial charge in [-0.05, 0) is 55.7 Å². The van der Waals surface area contributed by atoms with Gasteiger partial charge < -0.3 is 15.4 Å². The smallest absolute Gasteiger partial charge is 0.234 e. The zero-order valence-corrected chi connectivity index (χ0v) is 17.8. The SMILES string of the molecule is COc1ccc(C)cc1NC(=O)CSc1nnc(Nc2cccc(C)c2C)s1. The molecule has 0 saturated heterocycles. The van der Waals surface area contributed by atoms with Gasteiger partial charge in [0.05, 0.1) is 18.6 Å². The number of aryl methyl sites for hydroxylation is 2. The van der Waals surface area contributed by atoms with E-state index in [-0.39, 0.29) is 11.7 Å². The molecule has 0 unspecified atom stereocenters. The Morgan fingerprint density at radius 1 is 1.14 bits per heavy atom. The molecule has 0 aliphatic heterocycles. The predicted molar refractivity (Wildman–Crippen MR) is 116 cm³/mol. The molecule has 1 heterocycles. The highest BCUT2D eigenvalue weighted by molar-refractivity contribution is 8.01. The molecule has 1 aromatic heterocycles. The fraction of sp³-hybridized carbons (Fsp3) is 0.250. The number of amides is 1. The van der Waals surface area contributed by atoms with Crippen LogP contribution in [0, 0.1) is 20.8 Å². The molecule has 0 aliphatic rings. The van der Waals surface area contributed by atoms with Crippen molar-refractivity contribution in [2.75, 3.05) is 23.5 Å². The number of methoxy groups -OCH3 is 1.